The molecule has 2 N–H and O–H groups in total. The van der Waals surface area contributed by atoms with Gasteiger partial charge in [-0.05, 0) is 31.0 Å². The Balaban J connectivity index is 2.39. The summed E-state index contributed by atoms with van der Waals surface area (Å²) in [5.74, 6) is 0. The van der Waals surface area contributed by atoms with Crippen molar-refractivity contribution in [1.29, 1.82) is 0 Å². The minimum atomic E-state index is -3.16. The molecule has 0 aliphatic carbocycles. The van der Waals surface area contributed by atoms with Crippen LogP contribution in [0.5, 0.6) is 0 Å². The maximum absolute atomic E-state index is 11.4. The number of sulfone groups is 1. The lowest BCUT2D eigenvalue weighted by molar-refractivity contribution is 0.242. The molecule has 0 radical (unpaired) electrons. The fourth-order valence-electron chi connectivity index (χ4n) is 1.52. The summed E-state index contributed by atoms with van der Waals surface area (Å²) < 4.78 is 22.6. The quantitative estimate of drug-likeness (QED) is 0.781. The zero-order chi connectivity index (χ0) is 15.2. The lowest BCUT2D eigenvalue weighted by Gasteiger charge is -2.07. The van der Waals surface area contributed by atoms with Crippen LogP contribution in [0.1, 0.15) is 12.5 Å². The van der Waals surface area contributed by atoms with Crippen LogP contribution in [0.15, 0.2) is 41.3 Å². The van der Waals surface area contributed by atoms with Crippen LogP contribution >= 0.6 is 0 Å². The molecule has 20 heavy (non-hydrogen) atoms. The van der Waals surface area contributed by atoms with Gasteiger partial charge in [0.2, 0.25) is 0 Å². The van der Waals surface area contributed by atoms with Gasteiger partial charge in [0.1, 0.15) is 0 Å². The number of hydrogen-bond donors (Lipinski definition) is 2. The zero-order valence-electron chi connectivity index (χ0n) is 11.8. The van der Waals surface area contributed by atoms with Gasteiger partial charge in [-0.25, -0.2) is 13.2 Å². The van der Waals surface area contributed by atoms with E-state index in [1.54, 1.807) is 24.3 Å². The number of urea groups is 1. The third kappa shape index (κ3) is 5.88. The van der Waals surface area contributed by atoms with Crippen molar-refractivity contribution in [2.24, 2.45) is 0 Å². The Morgan fingerprint density at radius 1 is 1.20 bits per heavy atom. The topological polar surface area (TPSA) is 75.3 Å². The first-order valence-corrected chi connectivity index (χ1v) is 8.13. The molecule has 0 aliphatic rings. The number of rotatable bonds is 6. The van der Waals surface area contributed by atoms with Crippen LogP contribution in [0.2, 0.25) is 0 Å². The summed E-state index contributed by atoms with van der Waals surface area (Å²) in [7, 11) is -3.16. The highest BCUT2D eigenvalue weighted by Gasteiger charge is 2.06. The molecule has 0 aromatic heterocycles. The van der Waals surface area contributed by atoms with Crippen LogP contribution in [-0.4, -0.2) is 33.8 Å². The molecule has 1 aromatic rings. The summed E-state index contributed by atoms with van der Waals surface area (Å²) in [6, 6.07) is 6.42. The average molecular weight is 296 g/mol. The SMILES string of the molecule is C=C(C)CNC(=O)NCCc1ccc(S(C)(=O)=O)cc1. The van der Waals surface area contributed by atoms with E-state index in [4.69, 9.17) is 0 Å². The van der Waals surface area contributed by atoms with E-state index in [9.17, 15) is 13.2 Å². The van der Waals surface area contributed by atoms with Crippen molar-refractivity contribution in [3.8, 4) is 0 Å². The smallest absolute Gasteiger partial charge is 0.315 e. The van der Waals surface area contributed by atoms with E-state index in [1.807, 2.05) is 6.92 Å². The summed E-state index contributed by atoms with van der Waals surface area (Å²) in [6.45, 7) is 6.47. The van der Waals surface area contributed by atoms with Gasteiger partial charge in [0.25, 0.3) is 0 Å². The highest BCUT2D eigenvalue weighted by atomic mass is 32.2. The van der Waals surface area contributed by atoms with Crippen LogP contribution in [0.3, 0.4) is 0 Å². The number of carbonyl (C=O) groups is 1. The standard InChI is InChI=1S/C14H20N2O3S/c1-11(2)10-16-14(17)15-9-8-12-4-6-13(7-5-12)20(3,18)19/h4-7H,1,8-10H2,2-3H3,(H2,15,16,17). The normalized spacial score (nSPS) is 10.9. The molecule has 0 saturated heterocycles. The molecule has 0 fully saturated rings. The van der Waals surface area contributed by atoms with E-state index in [1.165, 1.54) is 6.26 Å². The lowest BCUT2D eigenvalue weighted by atomic mass is 10.1. The maximum atomic E-state index is 11.4. The molecule has 0 bridgehead atoms. The van der Waals surface area contributed by atoms with Crippen LogP contribution in [0, 0.1) is 0 Å². The summed E-state index contributed by atoms with van der Waals surface area (Å²) in [4.78, 5) is 11.7. The second kappa shape index (κ2) is 7.09. The van der Waals surface area contributed by atoms with Crippen LogP contribution in [0.4, 0.5) is 4.79 Å². The lowest BCUT2D eigenvalue weighted by Crippen LogP contribution is -2.37. The van der Waals surface area contributed by atoms with Crippen molar-refractivity contribution in [3.05, 3.63) is 42.0 Å². The van der Waals surface area contributed by atoms with Gasteiger partial charge in [0.05, 0.1) is 4.90 Å². The molecular formula is C14H20N2O3S. The minimum Gasteiger partial charge on any atom is -0.338 e. The van der Waals surface area contributed by atoms with Gasteiger partial charge >= 0.3 is 6.03 Å². The van der Waals surface area contributed by atoms with Crippen molar-refractivity contribution in [3.63, 3.8) is 0 Å². The Morgan fingerprint density at radius 2 is 1.80 bits per heavy atom. The first kappa shape index (κ1) is 16.2. The number of amides is 2. The molecular weight excluding hydrogens is 276 g/mol. The summed E-state index contributed by atoms with van der Waals surface area (Å²) in [5, 5.41) is 5.39. The van der Waals surface area contributed by atoms with Gasteiger partial charge in [0, 0.05) is 19.3 Å². The van der Waals surface area contributed by atoms with Crippen molar-refractivity contribution in [2.75, 3.05) is 19.3 Å². The molecule has 5 nitrogen and oxygen atoms in total. The Kier molecular flexibility index (Phi) is 5.76. The van der Waals surface area contributed by atoms with Crippen LogP contribution in [0.25, 0.3) is 0 Å². The third-order valence-corrected chi connectivity index (χ3v) is 3.73. The van der Waals surface area contributed by atoms with Crippen LogP contribution < -0.4 is 10.6 Å². The van der Waals surface area contributed by atoms with Crippen molar-refractivity contribution in [2.45, 2.75) is 18.2 Å². The first-order valence-electron chi connectivity index (χ1n) is 6.24. The Bertz CT molecular complexity index is 577. The summed E-state index contributed by atoms with van der Waals surface area (Å²) in [5.41, 5.74) is 1.86. The van der Waals surface area contributed by atoms with Gasteiger partial charge in [0.15, 0.2) is 9.84 Å². The minimum absolute atomic E-state index is 0.235. The number of hydrogen-bond acceptors (Lipinski definition) is 3. The van der Waals surface area contributed by atoms with E-state index in [-0.39, 0.29) is 6.03 Å². The molecule has 1 rings (SSSR count). The molecule has 6 heteroatoms. The summed E-state index contributed by atoms with van der Waals surface area (Å²) >= 11 is 0. The van der Waals surface area contributed by atoms with Gasteiger partial charge in [-0.3, -0.25) is 0 Å². The second-order valence-corrected chi connectivity index (χ2v) is 6.75. The molecule has 0 atom stereocenters. The van der Waals surface area contributed by atoms with Crippen molar-refractivity contribution >= 4 is 15.9 Å². The zero-order valence-corrected chi connectivity index (χ0v) is 12.6. The fraction of sp³-hybridized carbons (Fsp3) is 0.357. The van der Waals surface area contributed by atoms with E-state index in [0.717, 1.165) is 11.1 Å². The Hall–Kier alpha value is -1.82. The van der Waals surface area contributed by atoms with Gasteiger partial charge in [-0.2, -0.15) is 0 Å². The first-order chi connectivity index (χ1) is 9.29. The molecule has 2 amide bonds. The molecule has 0 saturated carbocycles. The van der Waals surface area contributed by atoms with Gasteiger partial charge in [-0.1, -0.05) is 24.3 Å². The van der Waals surface area contributed by atoms with E-state index < -0.39 is 9.84 Å². The summed E-state index contributed by atoms with van der Waals surface area (Å²) in [6.07, 6.45) is 1.82. The number of carbonyl (C=O) groups excluding carboxylic acids is 1. The van der Waals surface area contributed by atoms with Gasteiger partial charge < -0.3 is 10.6 Å². The number of nitrogens with one attached hydrogen (secondary N) is 2. The van der Waals surface area contributed by atoms with E-state index in [0.29, 0.717) is 24.4 Å². The fourth-order valence-corrected chi connectivity index (χ4v) is 2.15. The highest BCUT2D eigenvalue weighted by Crippen LogP contribution is 2.10. The molecule has 0 aliphatic heterocycles. The predicted octanol–water partition coefficient (Wildman–Crippen LogP) is 1.51. The monoisotopic (exact) mass is 296 g/mol. The molecule has 0 unspecified atom stereocenters. The molecule has 0 heterocycles. The second-order valence-electron chi connectivity index (χ2n) is 4.73. The predicted molar refractivity (Wildman–Crippen MR) is 79.5 cm³/mol. The Morgan fingerprint density at radius 3 is 2.30 bits per heavy atom. The average Bonchev–Trinajstić information content (AvgIpc) is 2.36. The van der Waals surface area contributed by atoms with E-state index in [2.05, 4.69) is 17.2 Å². The van der Waals surface area contributed by atoms with Crippen molar-refractivity contribution in [1.82, 2.24) is 10.6 Å². The Labute approximate surface area is 120 Å². The van der Waals surface area contributed by atoms with E-state index >= 15 is 0 Å². The molecule has 0 spiro atoms. The van der Waals surface area contributed by atoms with Crippen LogP contribution in [-0.2, 0) is 16.3 Å². The third-order valence-electron chi connectivity index (χ3n) is 2.60. The maximum Gasteiger partial charge on any atom is 0.315 e. The molecule has 110 valence electrons. The van der Waals surface area contributed by atoms with Gasteiger partial charge in [-0.15, -0.1) is 0 Å². The number of benzene rings is 1. The molecule has 1 aromatic carbocycles. The van der Waals surface area contributed by atoms with Crippen molar-refractivity contribution < 1.29 is 13.2 Å². The highest BCUT2D eigenvalue weighted by molar-refractivity contribution is 7.90. The largest absolute Gasteiger partial charge is 0.338 e.